The van der Waals surface area contributed by atoms with E-state index in [9.17, 15) is 0 Å². The summed E-state index contributed by atoms with van der Waals surface area (Å²) in [6.07, 6.45) is 1.01. The monoisotopic (exact) mass is 283 g/mol. The number of hydrogen-bond acceptors (Lipinski definition) is 5. The molecule has 2 aromatic carbocycles. The number of nitrogens with one attached hydrogen (secondary N) is 1. The summed E-state index contributed by atoms with van der Waals surface area (Å²) in [6, 6.07) is 14.6. The second-order valence-corrected chi connectivity index (χ2v) is 4.73. The number of ether oxygens (including phenoxy) is 1. The zero-order valence-electron chi connectivity index (χ0n) is 11.9. The number of aromatic nitrogens is 2. The third-order valence-electron chi connectivity index (χ3n) is 3.08. The molecule has 108 valence electrons. The topological polar surface area (TPSA) is 60.2 Å². The number of rotatable bonds is 6. The van der Waals surface area contributed by atoms with Gasteiger partial charge in [-0.05, 0) is 29.3 Å². The van der Waals surface area contributed by atoms with Crippen molar-refractivity contribution < 1.29 is 9.15 Å². The van der Waals surface area contributed by atoms with E-state index >= 15 is 0 Å². The molecule has 0 aliphatic heterocycles. The van der Waals surface area contributed by atoms with E-state index in [1.807, 2.05) is 30.3 Å². The lowest BCUT2D eigenvalue weighted by Gasteiger charge is -2.04. The summed E-state index contributed by atoms with van der Waals surface area (Å²) in [4.78, 5) is 0. The molecule has 0 aliphatic carbocycles. The second kappa shape index (κ2) is 6.26. The summed E-state index contributed by atoms with van der Waals surface area (Å²) in [7, 11) is 0. The van der Waals surface area contributed by atoms with Gasteiger partial charge in [0.2, 0.25) is 0 Å². The molecular weight excluding hydrogens is 266 g/mol. The Hall–Kier alpha value is -2.56. The third kappa shape index (κ3) is 3.31. The molecule has 0 saturated heterocycles. The highest BCUT2D eigenvalue weighted by molar-refractivity contribution is 5.83. The maximum atomic E-state index is 5.69. The molecule has 1 aromatic heterocycles. The van der Waals surface area contributed by atoms with E-state index in [1.54, 1.807) is 0 Å². The van der Waals surface area contributed by atoms with Crippen LogP contribution in [0.25, 0.3) is 10.8 Å². The molecule has 0 radical (unpaired) electrons. The van der Waals surface area contributed by atoms with Crippen molar-refractivity contribution in [3.8, 4) is 5.75 Å². The van der Waals surface area contributed by atoms with Crippen molar-refractivity contribution in [2.24, 2.45) is 0 Å². The summed E-state index contributed by atoms with van der Waals surface area (Å²) in [5, 5.41) is 13.2. The molecule has 5 heteroatoms. The van der Waals surface area contributed by atoms with Gasteiger partial charge in [-0.3, -0.25) is 0 Å². The molecular formula is C16H17N3O2. The highest BCUT2D eigenvalue weighted by Crippen LogP contribution is 2.21. The first-order chi connectivity index (χ1) is 10.3. The van der Waals surface area contributed by atoms with Crippen molar-refractivity contribution in [3.63, 3.8) is 0 Å². The molecule has 3 aromatic rings. The highest BCUT2D eigenvalue weighted by atomic mass is 16.5. The minimum absolute atomic E-state index is 0.263. The summed E-state index contributed by atoms with van der Waals surface area (Å²) < 4.78 is 11.1. The molecule has 0 spiro atoms. The Morgan fingerprint density at radius 1 is 1.10 bits per heavy atom. The largest absolute Gasteiger partial charge is 0.484 e. The van der Waals surface area contributed by atoms with Gasteiger partial charge in [-0.1, -0.05) is 42.4 Å². The number of anilines is 1. The zero-order valence-corrected chi connectivity index (χ0v) is 11.9. The lowest BCUT2D eigenvalue weighted by Crippen LogP contribution is -1.99. The first-order valence-corrected chi connectivity index (χ1v) is 7.03. The van der Waals surface area contributed by atoms with E-state index < -0.39 is 0 Å². The Labute approximate surface area is 122 Å². The molecule has 3 rings (SSSR count). The lowest BCUT2D eigenvalue weighted by molar-refractivity contribution is 0.265. The fourth-order valence-electron chi connectivity index (χ4n) is 2.02. The molecule has 5 nitrogen and oxygen atoms in total. The molecule has 1 N–H and O–H groups in total. The van der Waals surface area contributed by atoms with E-state index in [0.717, 1.165) is 24.1 Å². The predicted molar refractivity (Wildman–Crippen MR) is 81.4 cm³/mol. The fraction of sp³-hybridized carbons (Fsp3) is 0.250. The second-order valence-electron chi connectivity index (χ2n) is 4.73. The standard InChI is InChI=1S/C16H17N3O2/c1-2-9-17-16-19-18-15(21-16)11-20-14-8-7-12-5-3-4-6-13(12)10-14/h3-8,10H,2,9,11H2,1H3,(H,17,19). The van der Waals surface area contributed by atoms with Crippen molar-refractivity contribution in [2.75, 3.05) is 11.9 Å². The molecule has 0 saturated carbocycles. The Morgan fingerprint density at radius 2 is 1.95 bits per heavy atom. The van der Waals surface area contributed by atoms with Crippen molar-refractivity contribution in [1.29, 1.82) is 0 Å². The molecule has 0 bridgehead atoms. The maximum absolute atomic E-state index is 5.69. The van der Waals surface area contributed by atoms with Crippen LogP contribution in [0.5, 0.6) is 5.75 Å². The minimum atomic E-state index is 0.263. The Balaban J connectivity index is 1.64. The van der Waals surface area contributed by atoms with Gasteiger partial charge in [0.1, 0.15) is 5.75 Å². The van der Waals surface area contributed by atoms with Crippen molar-refractivity contribution in [1.82, 2.24) is 10.2 Å². The molecule has 1 heterocycles. The van der Waals surface area contributed by atoms with Gasteiger partial charge in [-0.25, -0.2) is 0 Å². The van der Waals surface area contributed by atoms with Crippen LogP contribution in [-0.2, 0) is 6.61 Å². The molecule has 0 unspecified atom stereocenters. The number of benzene rings is 2. The van der Waals surface area contributed by atoms with Gasteiger partial charge in [-0.2, -0.15) is 0 Å². The minimum Gasteiger partial charge on any atom is -0.484 e. The summed E-state index contributed by atoms with van der Waals surface area (Å²) in [6.45, 7) is 3.15. The van der Waals surface area contributed by atoms with Gasteiger partial charge in [-0.15, -0.1) is 5.10 Å². The Morgan fingerprint density at radius 3 is 2.81 bits per heavy atom. The highest BCUT2D eigenvalue weighted by Gasteiger charge is 2.06. The molecule has 0 amide bonds. The number of nitrogens with zero attached hydrogens (tertiary/aromatic N) is 2. The lowest BCUT2D eigenvalue weighted by atomic mass is 10.1. The van der Waals surface area contributed by atoms with Crippen LogP contribution in [0.2, 0.25) is 0 Å². The molecule has 21 heavy (non-hydrogen) atoms. The van der Waals surface area contributed by atoms with Crippen molar-refractivity contribution in [3.05, 3.63) is 48.4 Å². The normalized spacial score (nSPS) is 10.7. The van der Waals surface area contributed by atoms with Crippen LogP contribution in [0.15, 0.2) is 46.9 Å². The van der Waals surface area contributed by atoms with Gasteiger partial charge in [0.15, 0.2) is 6.61 Å². The molecule has 0 fully saturated rings. The van der Waals surface area contributed by atoms with Crippen LogP contribution in [-0.4, -0.2) is 16.7 Å². The summed E-state index contributed by atoms with van der Waals surface area (Å²) >= 11 is 0. The van der Waals surface area contributed by atoms with Gasteiger partial charge in [0, 0.05) is 6.54 Å². The van der Waals surface area contributed by atoms with E-state index in [0.29, 0.717) is 11.9 Å². The average molecular weight is 283 g/mol. The van der Waals surface area contributed by atoms with Crippen LogP contribution >= 0.6 is 0 Å². The van der Waals surface area contributed by atoms with Crippen LogP contribution in [0.1, 0.15) is 19.2 Å². The first kappa shape index (κ1) is 13.4. The van der Waals surface area contributed by atoms with Gasteiger partial charge >= 0.3 is 6.01 Å². The summed E-state index contributed by atoms with van der Waals surface area (Å²) in [5.41, 5.74) is 0. The third-order valence-corrected chi connectivity index (χ3v) is 3.08. The Kier molecular flexibility index (Phi) is 4.00. The smallest absolute Gasteiger partial charge is 0.315 e. The number of hydrogen-bond donors (Lipinski definition) is 1. The van der Waals surface area contributed by atoms with E-state index in [1.165, 1.54) is 5.39 Å². The first-order valence-electron chi connectivity index (χ1n) is 7.03. The van der Waals surface area contributed by atoms with Crippen molar-refractivity contribution in [2.45, 2.75) is 20.0 Å². The Bertz CT molecular complexity index is 724. The van der Waals surface area contributed by atoms with Gasteiger partial charge < -0.3 is 14.5 Å². The van der Waals surface area contributed by atoms with Gasteiger partial charge in [0.05, 0.1) is 0 Å². The van der Waals surface area contributed by atoms with E-state index in [2.05, 4.69) is 34.6 Å². The fourth-order valence-corrected chi connectivity index (χ4v) is 2.02. The van der Waals surface area contributed by atoms with E-state index in [-0.39, 0.29) is 6.61 Å². The van der Waals surface area contributed by atoms with Crippen LogP contribution in [0.4, 0.5) is 6.01 Å². The maximum Gasteiger partial charge on any atom is 0.315 e. The molecule has 0 aliphatic rings. The number of fused-ring (bicyclic) bond motifs is 1. The zero-order chi connectivity index (χ0) is 14.5. The van der Waals surface area contributed by atoms with Crippen LogP contribution < -0.4 is 10.1 Å². The van der Waals surface area contributed by atoms with E-state index in [4.69, 9.17) is 9.15 Å². The van der Waals surface area contributed by atoms with Crippen LogP contribution in [0, 0.1) is 0 Å². The predicted octanol–water partition coefficient (Wildman–Crippen LogP) is 3.62. The quantitative estimate of drug-likeness (QED) is 0.748. The SMILES string of the molecule is CCCNc1nnc(COc2ccc3ccccc3c2)o1. The summed E-state index contributed by atoms with van der Waals surface area (Å²) in [5.74, 6) is 1.25. The van der Waals surface area contributed by atoms with Gasteiger partial charge in [0.25, 0.3) is 5.89 Å². The van der Waals surface area contributed by atoms with Crippen molar-refractivity contribution >= 4 is 16.8 Å². The van der Waals surface area contributed by atoms with Crippen LogP contribution in [0.3, 0.4) is 0 Å². The molecule has 0 atom stereocenters. The average Bonchev–Trinajstić information content (AvgIpc) is 2.98.